The Hall–Kier alpha value is -2.22. The average Bonchev–Trinajstić information content (AvgIpc) is 3.17. The summed E-state index contributed by atoms with van der Waals surface area (Å²) < 4.78 is 0. The number of thiophene rings is 1. The highest BCUT2D eigenvalue weighted by molar-refractivity contribution is 7.11. The molecule has 3 rings (SSSR count). The smallest absolute Gasteiger partial charge is 0.134 e. The predicted molar refractivity (Wildman–Crippen MR) is 85.4 cm³/mol. The molecule has 2 nitrogen and oxygen atoms in total. The molecule has 0 saturated carbocycles. The average molecular weight is 294 g/mol. The van der Waals surface area contributed by atoms with Crippen LogP contribution in [0.4, 0.5) is 0 Å². The molecule has 0 spiro atoms. The van der Waals surface area contributed by atoms with Crippen LogP contribution in [0.25, 0.3) is 22.9 Å². The van der Waals surface area contributed by atoms with Gasteiger partial charge in [0.1, 0.15) is 11.1 Å². The second-order valence-electron chi connectivity index (χ2n) is 4.13. The van der Waals surface area contributed by atoms with Crippen molar-refractivity contribution in [3.8, 4) is 17.3 Å². The zero-order valence-electron chi connectivity index (χ0n) is 10.5. The van der Waals surface area contributed by atoms with Crippen LogP contribution in [0, 0.1) is 11.3 Å². The molecular weight excluding hydrogens is 284 g/mol. The minimum absolute atomic E-state index is 0.607. The molecule has 0 aliphatic heterocycles. The lowest BCUT2D eigenvalue weighted by atomic mass is 10.2. The zero-order chi connectivity index (χ0) is 13.8. The summed E-state index contributed by atoms with van der Waals surface area (Å²) in [5, 5.41) is 16.1. The monoisotopic (exact) mass is 294 g/mol. The molecule has 2 aromatic heterocycles. The van der Waals surface area contributed by atoms with E-state index in [9.17, 15) is 5.26 Å². The van der Waals surface area contributed by atoms with Crippen molar-refractivity contribution in [3.05, 3.63) is 63.1 Å². The van der Waals surface area contributed by atoms with Crippen LogP contribution in [-0.4, -0.2) is 4.98 Å². The fraction of sp³-hybridized carbons (Fsp3) is 0. The van der Waals surface area contributed by atoms with E-state index in [4.69, 9.17) is 0 Å². The summed E-state index contributed by atoms with van der Waals surface area (Å²) in [6.07, 6.45) is 1.88. The first-order valence-corrected chi connectivity index (χ1v) is 7.84. The van der Waals surface area contributed by atoms with Gasteiger partial charge in [-0.15, -0.1) is 11.3 Å². The van der Waals surface area contributed by atoms with E-state index in [-0.39, 0.29) is 0 Å². The molecule has 0 fully saturated rings. The summed E-state index contributed by atoms with van der Waals surface area (Å²) in [5.41, 5.74) is 3.64. The second kappa shape index (κ2) is 5.83. The third-order valence-electron chi connectivity index (χ3n) is 2.78. The minimum atomic E-state index is 0.607. The highest BCUT2D eigenvalue weighted by atomic mass is 32.1. The van der Waals surface area contributed by atoms with Gasteiger partial charge in [-0.3, -0.25) is 0 Å². The lowest BCUT2D eigenvalue weighted by Gasteiger charge is -1.95. The van der Waals surface area contributed by atoms with Crippen LogP contribution in [0.3, 0.4) is 0 Å². The highest BCUT2D eigenvalue weighted by Crippen LogP contribution is 2.27. The van der Waals surface area contributed by atoms with Crippen molar-refractivity contribution in [1.29, 1.82) is 5.26 Å². The Balaban J connectivity index is 1.95. The number of allylic oxidation sites excluding steroid dienone is 1. The Kier molecular flexibility index (Phi) is 3.73. The van der Waals surface area contributed by atoms with Gasteiger partial charge in [-0.25, -0.2) is 4.98 Å². The number of nitriles is 1. The molecule has 0 aliphatic rings. The van der Waals surface area contributed by atoms with Crippen LogP contribution in [0.2, 0.25) is 0 Å². The number of benzene rings is 1. The number of rotatable bonds is 3. The third kappa shape index (κ3) is 2.69. The van der Waals surface area contributed by atoms with E-state index < -0.39 is 0 Å². The Morgan fingerprint density at radius 3 is 2.70 bits per heavy atom. The van der Waals surface area contributed by atoms with Crippen molar-refractivity contribution < 1.29 is 0 Å². The van der Waals surface area contributed by atoms with Gasteiger partial charge in [0.25, 0.3) is 0 Å². The number of nitrogens with zero attached hydrogens (tertiary/aromatic N) is 2. The molecule has 3 aromatic rings. The normalized spacial score (nSPS) is 11.2. The topological polar surface area (TPSA) is 36.7 Å². The Bertz CT molecular complexity index is 762. The van der Waals surface area contributed by atoms with Gasteiger partial charge in [-0.2, -0.15) is 16.6 Å². The van der Waals surface area contributed by atoms with Gasteiger partial charge >= 0.3 is 0 Å². The molecule has 1 aromatic carbocycles. The van der Waals surface area contributed by atoms with Crippen molar-refractivity contribution in [2.45, 2.75) is 0 Å². The van der Waals surface area contributed by atoms with E-state index in [1.165, 1.54) is 11.3 Å². The van der Waals surface area contributed by atoms with Gasteiger partial charge in [0.15, 0.2) is 0 Å². The summed E-state index contributed by atoms with van der Waals surface area (Å²) in [6.45, 7) is 0. The summed E-state index contributed by atoms with van der Waals surface area (Å²) in [6, 6.07) is 14.2. The maximum absolute atomic E-state index is 9.31. The first-order valence-electron chi connectivity index (χ1n) is 6.02. The Morgan fingerprint density at radius 1 is 1.15 bits per heavy atom. The maximum atomic E-state index is 9.31. The molecule has 0 atom stereocenters. The summed E-state index contributed by atoms with van der Waals surface area (Å²) in [5.74, 6) is 0. The van der Waals surface area contributed by atoms with Gasteiger partial charge in [0.2, 0.25) is 0 Å². The summed E-state index contributed by atoms with van der Waals surface area (Å²) >= 11 is 3.12. The van der Waals surface area contributed by atoms with Crippen LogP contribution in [-0.2, 0) is 0 Å². The number of hydrogen-bond acceptors (Lipinski definition) is 4. The molecule has 4 heteroatoms. The molecule has 0 aliphatic carbocycles. The predicted octanol–water partition coefficient (Wildman–Crippen LogP) is 4.94. The van der Waals surface area contributed by atoms with E-state index in [2.05, 4.69) is 11.1 Å². The van der Waals surface area contributed by atoms with Gasteiger partial charge in [0.05, 0.1) is 11.3 Å². The molecule has 0 N–H and O–H groups in total. The Labute approximate surface area is 125 Å². The van der Waals surface area contributed by atoms with Crippen molar-refractivity contribution in [2.24, 2.45) is 0 Å². The fourth-order valence-corrected chi connectivity index (χ4v) is 3.22. The molecule has 0 amide bonds. The van der Waals surface area contributed by atoms with Crippen LogP contribution in [0.5, 0.6) is 0 Å². The molecule has 96 valence electrons. The summed E-state index contributed by atoms with van der Waals surface area (Å²) in [7, 11) is 0. The first-order chi connectivity index (χ1) is 9.86. The van der Waals surface area contributed by atoms with Crippen molar-refractivity contribution in [2.75, 3.05) is 0 Å². The molecule has 0 radical (unpaired) electrons. The standard InChI is InChI=1S/C16H10N2S2/c17-9-14(8-12-6-7-19-10-12)16-18-15(11-20-16)13-4-2-1-3-5-13/h1-8,10-11H/b14-8+. The third-order valence-corrected chi connectivity index (χ3v) is 4.36. The molecule has 20 heavy (non-hydrogen) atoms. The molecular formula is C16H10N2S2. The first kappa shape index (κ1) is 12.8. The van der Waals surface area contributed by atoms with E-state index >= 15 is 0 Å². The molecule has 0 unspecified atom stereocenters. The van der Waals surface area contributed by atoms with Crippen LogP contribution < -0.4 is 0 Å². The van der Waals surface area contributed by atoms with Crippen LogP contribution >= 0.6 is 22.7 Å². The largest absolute Gasteiger partial charge is 0.235 e. The number of aromatic nitrogens is 1. The van der Waals surface area contributed by atoms with E-state index in [0.29, 0.717) is 5.57 Å². The molecule has 0 bridgehead atoms. The minimum Gasteiger partial charge on any atom is -0.235 e. The van der Waals surface area contributed by atoms with Gasteiger partial charge in [0, 0.05) is 10.9 Å². The molecule has 0 saturated heterocycles. The maximum Gasteiger partial charge on any atom is 0.134 e. The number of hydrogen-bond donors (Lipinski definition) is 0. The quantitative estimate of drug-likeness (QED) is 0.642. The van der Waals surface area contributed by atoms with E-state index in [0.717, 1.165) is 21.8 Å². The SMILES string of the molecule is N#C/C(=C\c1ccsc1)c1nc(-c2ccccc2)cs1. The van der Waals surface area contributed by atoms with Crippen molar-refractivity contribution in [3.63, 3.8) is 0 Å². The van der Waals surface area contributed by atoms with Crippen molar-refractivity contribution >= 4 is 34.3 Å². The fourth-order valence-electron chi connectivity index (χ4n) is 1.80. The highest BCUT2D eigenvalue weighted by Gasteiger charge is 2.08. The summed E-state index contributed by atoms with van der Waals surface area (Å²) in [4.78, 5) is 4.56. The molecule has 2 heterocycles. The number of thiazole rings is 1. The van der Waals surface area contributed by atoms with E-state index in [1.54, 1.807) is 11.3 Å². The van der Waals surface area contributed by atoms with E-state index in [1.807, 2.05) is 58.6 Å². The van der Waals surface area contributed by atoms with Gasteiger partial charge in [-0.05, 0) is 28.5 Å². The lowest BCUT2D eigenvalue weighted by molar-refractivity contribution is 1.37. The van der Waals surface area contributed by atoms with Crippen LogP contribution in [0.1, 0.15) is 10.6 Å². The second-order valence-corrected chi connectivity index (χ2v) is 5.77. The van der Waals surface area contributed by atoms with Crippen molar-refractivity contribution in [1.82, 2.24) is 4.98 Å². The van der Waals surface area contributed by atoms with Crippen LogP contribution in [0.15, 0.2) is 52.5 Å². The lowest BCUT2D eigenvalue weighted by Crippen LogP contribution is -1.82. The zero-order valence-corrected chi connectivity index (χ0v) is 12.1. The van der Waals surface area contributed by atoms with Gasteiger partial charge in [-0.1, -0.05) is 30.3 Å². The Morgan fingerprint density at radius 2 is 2.00 bits per heavy atom. The van der Waals surface area contributed by atoms with Gasteiger partial charge < -0.3 is 0 Å².